The van der Waals surface area contributed by atoms with Gasteiger partial charge in [0.25, 0.3) is 0 Å². The van der Waals surface area contributed by atoms with Gasteiger partial charge in [0.15, 0.2) is 0 Å². The van der Waals surface area contributed by atoms with Gasteiger partial charge in [0.2, 0.25) is 5.88 Å². The van der Waals surface area contributed by atoms with E-state index in [2.05, 4.69) is 33.1 Å². The number of nitrogens with zero attached hydrogens (tertiary/aromatic N) is 2. The van der Waals surface area contributed by atoms with E-state index in [-0.39, 0.29) is 6.61 Å². The lowest BCUT2D eigenvalue weighted by atomic mass is 10.0. The van der Waals surface area contributed by atoms with Crippen molar-refractivity contribution in [2.45, 2.75) is 18.9 Å². The van der Waals surface area contributed by atoms with Crippen LogP contribution in [0.25, 0.3) is 0 Å². The monoisotopic (exact) mass is 293 g/mol. The fraction of sp³-hybridized carbons (Fsp3) is 0.429. The summed E-state index contributed by atoms with van der Waals surface area (Å²) in [5, 5.41) is 13.0. The van der Waals surface area contributed by atoms with E-state index < -0.39 is 6.10 Å². The van der Waals surface area contributed by atoms with Gasteiger partial charge in [-0.1, -0.05) is 37.3 Å². The first kappa shape index (κ1) is 14.9. The number of rotatable bonds is 8. The van der Waals surface area contributed by atoms with Crippen LogP contribution in [-0.2, 0) is 0 Å². The lowest BCUT2D eigenvalue weighted by Gasteiger charge is -2.15. The van der Waals surface area contributed by atoms with Crippen molar-refractivity contribution in [3.63, 3.8) is 0 Å². The normalized spacial score (nSPS) is 13.9. The molecule has 1 aromatic carbocycles. The smallest absolute Gasteiger partial charge is 0.245 e. The molecule has 108 valence electrons. The molecule has 1 aromatic heterocycles. The Labute approximate surface area is 122 Å². The Bertz CT molecular complexity index is 478. The molecule has 2 rings (SSSR count). The summed E-state index contributed by atoms with van der Waals surface area (Å²) in [5.41, 5.74) is 1.29. The highest BCUT2D eigenvalue weighted by atomic mass is 32.1. The number of hydrogen-bond acceptors (Lipinski definition) is 6. The second-order valence-corrected chi connectivity index (χ2v) is 5.24. The van der Waals surface area contributed by atoms with Gasteiger partial charge >= 0.3 is 0 Å². The van der Waals surface area contributed by atoms with Gasteiger partial charge in [0.1, 0.15) is 18.9 Å². The number of benzene rings is 1. The van der Waals surface area contributed by atoms with E-state index in [0.717, 1.165) is 18.3 Å². The summed E-state index contributed by atoms with van der Waals surface area (Å²) in [4.78, 5) is 0. The zero-order valence-electron chi connectivity index (χ0n) is 11.4. The number of aliphatic hydroxyl groups excluding tert-OH is 1. The van der Waals surface area contributed by atoms with E-state index in [0.29, 0.717) is 18.3 Å². The van der Waals surface area contributed by atoms with Crippen LogP contribution in [0, 0.1) is 0 Å². The van der Waals surface area contributed by atoms with Gasteiger partial charge in [0.05, 0.1) is 11.7 Å². The van der Waals surface area contributed by atoms with E-state index in [1.165, 1.54) is 5.56 Å². The second-order valence-electron chi connectivity index (χ2n) is 4.68. The molecule has 0 bridgehead atoms. The van der Waals surface area contributed by atoms with E-state index in [9.17, 15) is 5.11 Å². The fourth-order valence-corrected chi connectivity index (χ4v) is 2.19. The molecule has 0 amide bonds. The molecule has 2 unspecified atom stereocenters. The van der Waals surface area contributed by atoms with E-state index in [4.69, 9.17) is 4.74 Å². The van der Waals surface area contributed by atoms with Gasteiger partial charge in [0, 0.05) is 13.1 Å². The lowest BCUT2D eigenvalue weighted by Crippen LogP contribution is -2.33. The minimum Gasteiger partial charge on any atom is -0.473 e. The third-order valence-electron chi connectivity index (χ3n) is 2.96. The maximum absolute atomic E-state index is 9.80. The van der Waals surface area contributed by atoms with E-state index in [1.54, 1.807) is 6.20 Å². The summed E-state index contributed by atoms with van der Waals surface area (Å²) in [6.45, 7) is 3.69. The minimum absolute atomic E-state index is 0.220. The maximum Gasteiger partial charge on any atom is 0.245 e. The summed E-state index contributed by atoms with van der Waals surface area (Å²) in [6, 6.07) is 10.3. The quantitative estimate of drug-likeness (QED) is 0.775. The van der Waals surface area contributed by atoms with Crippen molar-refractivity contribution in [1.82, 2.24) is 14.1 Å². The van der Waals surface area contributed by atoms with Crippen molar-refractivity contribution in [1.29, 1.82) is 0 Å². The highest BCUT2D eigenvalue weighted by Crippen LogP contribution is 2.12. The molecule has 0 radical (unpaired) electrons. The predicted octanol–water partition coefficient (Wildman–Crippen LogP) is 1.67. The van der Waals surface area contributed by atoms with Crippen LogP contribution in [0.1, 0.15) is 18.4 Å². The summed E-state index contributed by atoms with van der Waals surface area (Å²) in [7, 11) is 0. The van der Waals surface area contributed by atoms with Crippen LogP contribution in [0.15, 0.2) is 36.5 Å². The number of aromatic nitrogens is 2. The van der Waals surface area contributed by atoms with Gasteiger partial charge in [-0.25, -0.2) is 0 Å². The Hall–Kier alpha value is -1.50. The standard InChI is InChI=1S/C14H19N3O2S/c1-11(12-5-3-2-4-6-12)7-15-8-13(18)10-19-14-9-16-20-17-14/h2-6,9,11,13,15,18H,7-8,10H2,1H3. The average Bonchev–Trinajstić information content (AvgIpc) is 2.99. The Morgan fingerprint density at radius 2 is 2.10 bits per heavy atom. The Morgan fingerprint density at radius 3 is 2.80 bits per heavy atom. The Kier molecular flexibility index (Phi) is 5.91. The third-order valence-corrected chi connectivity index (χ3v) is 3.43. The molecule has 1 heterocycles. The van der Waals surface area contributed by atoms with Crippen LogP contribution in [-0.4, -0.2) is 39.7 Å². The SMILES string of the molecule is CC(CNCC(O)COc1cnsn1)c1ccccc1. The first-order valence-corrected chi connectivity index (χ1v) is 7.33. The van der Waals surface area contributed by atoms with Crippen molar-refractivity contribution in [2.24, 2.45) is 0 Å². The summed E-state index contributed by atoms with van der Waals surface area (Å²) in [6.07, 6.45) is 0.988. The zero-order chi connectivity index (χ0) is 14.2. The number of aliphatic hydroxyl groups is 1. The van der Waals surface area contributed by atoms with Gasteiger partial charge < -0.3 is 15.2 Å². The van der Waals surface area contributed by atoms with Crippen LogP contribution < -0.4 is 10.1 Å². The van der Waals surface area contributed by atoms with Gasteiger partial charge in [-0.3, -0.25) is 0 Å². The molecule has 2 atom stereocenters. The van der Waals surface area contributed by atoms with Gasteiger partial charge in [-0.05, 0) is 11.5 Å². The lowest BCUT2D eigenvalue weighted by molar-refractivity contribution is 0.104. The molecule has 2 N–H and O–H groups in total. The van der Waals surface area contributed by atoms with Crippen LogP contribution >= 0.6 is 11.7 Å². The second kappa shape index (κ2) is 7.94. The molecule has 5 nitrogen and oxygen atoms in total. The Balaban J connectivity index is 1.62. The minimum atomic E-state index is -0.556. The molecule has 6 heteroatoms. The molecule has 0 saturated carbocycles. The van der Waals surface area contributed by atoms with Crippen molar-refractivity contribution in [3.05, 3.63) is 42.1 Å². The number of ether oxygens (including phenoxy) is 1. The van der Waals surface area contributed by atoms with Crippen molar-refractivity contribution < 1.29 is 9.84 Å². The molecule has 2 aromatic rings. The fourth-order valence-electron chi connectivity index (χ4n) is 1.83. The van der Waals surface area contributed by atoms with E-state index in [1.807, 2.05) is 18.2 Å². The van der Waals surface area contributed by atoms with Crippen LogP contribution in [0.3, 0.4) is 0 Å². The highest BCUT2D eigenvalue weighted by molar-refractivity contribution is 6.99. The van der Waals surface area contributed by atoms with Crippen LogP contribution in [0.2, 0.25) is 0 Å². The summed E-state index contributed by atoms with van der Waals surface area (Å²) >= 11 is 1.09. The molecular weight excluding hydrogens is 274 g/mol. The maximum atomic E-state index is 9.80. The van der Waals surface area contributed by atoms with Gasteiger partial charge in [-0.15, -0.1) is 4.37 Å². The number of nitrogens with one attached hydrogen (secondary N) is 1. The van der Waals surface area contributed by atoms with Crippen molar-refractivity contribution >= 4 is 11.7 Å². The van der Waals surface area contributed by atoms with Gasteiger partial charge in [-0.2, -0.15) is 4.37 Å². The molecule has 0 spiro atoms. The highest BCUT2D eigenvalue weighted by Gasteiger charge is 2.08. The summed E-state index contributed by atoms with van der Waals surface area (Å²) < 4.78 is 13.0. The molecule has 0 aliphatic heterocycles. The van der Waals surface area contributed by atoms with Crippen molar-refractivity contribution in [3.8, 4) is 5.88 Å². The average molecular weight is 293 g/mol. The molecular formula is C14H19N3O2S. The van der Waals surface area contributed by atoms with Crippen LogP contribution in [0.4, 0.5) is 0 Å². The first-order chi connectivity index (χ1) is 9.75. The number of hydrogen-bond donors (Lipinski definition) is 2. The Morgan fingerprint density at radius 1 is 1.30 bits per heavy atom. The molecule has 0 fully saturated rings. The van der Waals surface area contributed by atoms with Crippen LogP contribution in [0.5, 0.6) is 5.88 Å². The predicted molar refractivity (Wildman–Crippen MR) is 79.1 cm³/mol. The largest absolute Gasteiger partial charge is 0.473 e. The third kappa shape index (κ3) is 4.88. The molecule has 0 aliphatic carbocycles. The molecule has 0 saturated heterocycles. The van der Waals surface area contributed by atoms with E-state index >= 15 is 0 Å². The zero-order valence-corrected chi connectivity index (χ0v) is 12.2. The molecule has 0 aliphatic rings. The summed E-state index contributed by atoms with van der Waals surface area (Å²) in [5.74, 6) is 0.874. The molecule has 20 heavy (non-hydrogen) atoms. The topological polar surface area (TPSA) is 67.3 Å². The first-order valence-electron chi connectivity index (χ1n) is 6.60. The van der Waals surface area contributed by atoms with Crippen molar-refractivity contribution in [2.75, 3.05) is 19.7 Å².